The van der Waals surface area contributed by atoms with E-state index in [2.05, 4.69) is 71.2 Å². The van der Waals surface area contributed by atoms with Gasteiger partial charge in [-0.25, -0.2) is 0 Å². The van der Waals surface area contributed by atoms with Gasteiger partial charge in [-0.2, -0.15) is 0 Å². The molecule has 29 heavy (non-hydrogen) atoms. The fourth-order valence-corrected chi connectivity index (χ4v) is 3.83. The molecule has 3 rings (SSSR count). The van der Waals surface area contributed by atoms with Crippen molar-refractivity contribution in [2.45, 2.75) is 39.2 Å². The third kappa shape index (κ3) is 4.73. The van der Waals surface area contributed by atoms with E-state index >= 15 is 0 Å². The maximum Gasteiger partial charge on any atom is 0.287 e. The number of likely N-dealkylation sites (N-methyl/N-ethyl adjacent to an activating group) is 1. The summed E-state index contributed by atoms with van der Waals surface area (Å²) in [6.07, 6.45) is 0. The number of carbonyl (C=O) groups is 1. The lowest BCUT2D eigenvalue weighted by atomic mass is 9.86. The second-order valence-electron chi connectivity index (χ2n) is 8.76. The molecule has 1 unspecified atom stereocenters. The average Bonchev–Trinajstić information content (AvgIpc) is 2.97. The third-order valence-electron chi connectivity index (χ3n) is 5.35. The van der Waals surface area contributed by atoms with E-state index in [1.165, 1.54) is 11.1 Å². The molecule has 1 amide bonds. The second-order valence-corrected chi connectivity index (χ2v) is 9.67. The van der Waals surface area contributed by atoms with Crippen LogP contribution >= 0.6 is 15.9 Å². The summed E-state index contributed by atoms with van der Waals surface area (Å²) in [5.41, 5.74) is 4.17. The van der Waals surface area contributed by atoms with Gasteiger partial charge in [0.05, 0.1) is 6.04 Å². The highest BCUT2D eigenvalue weighted by Gasteiger charge is 2.21. The number of benzene rings is 2. The normalized spacial score (nSPS) is 13.1. The smallest absolute Gasteiger partial charge is 0.287 e. The van der Waals surface area contributed by atoms with Gasteiger partial charge in [-0.3, -0.25) is 4.79 Å². The zero-order chi connectivity index (χ0) is 21.3. The number of carbonyl (C=O) groups excluding carboxylic acids is 1. The molecule has 5 heteroatoms. The summed E-state index contributed by atoms with van der Waals surface area (Å²) in [4.78, 5) is 14.9. The molecule has 0 bridgehead atoms. The Morgan fingerprint density at radius 3 is 2.38 bits per heavy atom. The van der Waals surface area contributed by atoms with Gasteiger partial charge in [-0.15, -0.1) is 0 Å². The minimum Gasteiger partial charge on any atom is -0.451 e. The van der Waals surface area contributed by atoms with Crippen molar-refractivity contribution in [3.05, 3.63) is 69.4 Å². The van der Waals surface area contributed by atoms with Crippen molar-refractivity contribution < 1.29 is 9.21 Å². The molecule has 1 heterocycles. The first kappa shape index (κ1) is 21.6. The van der Waals surface area contributed by atoms with Gasteiger partial charge in [0, 0.05) is 22.0 Å². The Balaban J connectivity index is 1.77. The van der Waals surface area contributed by atoms with Crippen LogP contribution < -0.4 is 5.32 Å². The van der Waals surface area contributed by atoms with Crippen molar-refractivity contribution in [3.8, 4) is 0 Å². The number of hydrogen-bond acceptors (Lipinski definition) is 3. The lowest BCUT2D eigenvalue weighted by molar-refractivity contribution is 0.0915. The summed E-state index contributed by atoms with van der Waals surface area (Å²) in [5.74, 6) is 0.187. The lowest BCUT2D eigenvalue weighted by Crippen LogP contribution is -2.34. The standard InChI is InChI=1S/C24H29BrN2O2/c1-15-19-12-11-18(25)13-21(19)29-22(15)23(28)26-14-20(27(5)6)16-7-9-17(10-8-16)24(2,3)4/h7-13,20H,14H2,1-6H3,(H,26,28). The number of aryl methyl sites for hydroxylation is 1. The van der Waals surface area contributed by atoms with E-state index in [0.29, 0.717) is 17.9 Å². The summed E-state index contributed by atoms with van der Waals surface area (Å²) in [6.45, 7) is 9.05. The Hall–Kier alpha value is -2.11. The molecule has 0 aliphatic rings. The summed E-state index contributed by atoms with van der Waals surface area (Å²) < 4.78 is 6.77. The number of nitrogens with one attached hydrogen (secondary N) is 1. The molecule has 0 saturated heterocycles. The second kappa shape index (κ2) is 8.33. The summed E-state index contributed by atoms with van der Waals surface area (Å²) in [5, 5.41) is 4.01. The summed E-state index contributed by atoms with van der Waals surface area (Å²) >= 11 is 3.45. The molecule has 0 fully saturated rings. The highest BCUT2D eigenvalue weighted by molar-refractivity contribution is 9.10. The number of hydrogen-bond donors (Lipinski definition) is 1. The van der Waals surface area contributed by atoms with Gasteiger partial charge < -0.3 is 14.6 Å². The van der Waals surface area contributed by atoms with E-state index in [-0.39, 0.29) is 17.4 Å². The van der Waals surface area contributed by atoms with Crippen LogP contribution in [0.25, 0.3) is 11.0 Å². The van der Waals surface area contributed by atoms with Crippen molar-refractivity contribution in [3.63, 3.8) is 0 Å². The lowest BCUT2D eigenvalue weighted by Gasteiger charge is -2.26. The van der Waals surface area contributed by atoms with E-state index in [4.69, 9.17) is 4.42 Å². The monoisotopic (exact) mass is 456 g/mol. The van der Waals surface area contributed by atoms with Crippen LogP contribution in [0.5, 0.6) is 0 Å². The summed E-state index contributed by atoms with van der Waals surface area (Å²) in [6, 6.07) is 14.5. The number of halogens is 1. The number of nitrogens with zero attached hydrogens (tertiary/aromatic N) is 1. The average molecular weight is 457 g/mol. The minimum atomic E-state index is -0.187. The van der Waals surface area contributed by atoms with Crippen LogP contribution in [0.3, 0.4) is 0 Å². The van der Waals surface area contributed by atoms with Crippen LogP contribution in [0.4, 0.5) is 0 Å². The number of fused-ring (bicyclic) bond motifs is 1. The van der Waals surface area contributed by atoms with Crippen LogP contribution in [-0.4, -0.2) is 31.4 Å². The van der Waals surface area contributed by atoms with Gasteiger partial charge in [0.15, 0.2) is 5.76 Å². The quantitative estimate of drug-likeness (QED) is 0.524. The Kier molecular flexibility index (Phi) is 6.20. The Labute approximate surface area is 181 Å². The number of rotatable bonds is 5. The molecular weight excluding hydrogens is 428 g/mol. The van der Waals surface area contributed by atoms with Crippen LogP contribution in [0.1, 0.15) is 54.1 Å². The van der Waals surface area contributed by atoms with E-state index in [9.17, 15) is 4.79 Å². The first-order valence-electron chi connectivity index (χ1n) is 9.81. The molecule has 0 spiro atoms. The predicted octanol–water partition coefficient (Wildman–Crippen LogP) is 5.83. The Bertz CT molecular complexity index is 1010. The van der Waals surface area contributed by atoms with Gasteiger partial charge in [0.2, 0.25) is 0 Å². The highest BCUT2D eigenvalue weighted by Crippen LogP contribution is 2.28. The van der Waals surface area contributed by atoms with Gasteiger partial charge in [-0.1, -0.05) is 61.0 Å². The minimum absolute atomic E-state index is 0.0757. The Morgan fingerprint density at radius 1 is 1.14 bits per heavy atom. The van der Waals surface area contributed by atoms with Gasteiger partial charge in [-0.05, 0) is 55.8 Å². The van der Waals surface area contributed by atoms with E-state index in [1.54, 1.807) is 0 Å². The molecule has 3 aromatic rings. The van der Waals surface area contributed by atoms with Crippen LogP contribution in [0.15, 0.2) is 51.4 Å². The summed E-state index contributed by atoms with van der Waals surface area (Å²) in [7, 11) is 4.05. The van der Waals surface area contributed by atoms with Gasteiger partial charge in [0.1, 0.15) is 5.58 Å². The fraction of sp³-hybridized carbons (Fsp3) is 0.375. The van der Waals surface area contributed by atoms with Crippen molar-refractivity contribution in [1.29, 1.82) is 0 Å². The SMILES string of the molecule is Cc1c(C(=O)NCC(c2ccc(C(C)(C)C)cc2)N(C)C)oc2cc(Br)ccc12. The largest absolute Gasteiger partial charge is 0.451 e. The maximum atomic E-state index is 12.8. The van der Waals surface area contributed by atoms with Crippen LogP contribution in [0, 0.1) is 6.92 Å². The first-order valence-corrected chi connectivity index (χ1v) is 10.6. The third-order valence-corrected chi connectivity index (χ3v) is 5.84. The fourth-order valence-electron chi connectivity index (χ4n) is 3.49. The first-order chi connectivity index (χ1) is 13.6. The molecule has 4 nitrogen and oxygen atoms in total. The van der Waals surface area contributed by atoms with Crippen molar-refractivity contribution in [2.75, 3.05) is 20.6 Å². The van der Waals surface area contributed by atoms with Crippen molar-refractivity contribution >= 4 is 32.8 Å². The molecular formula is C24H29BrN2O2. The molecule has 2 aromatic carbocycles. The molecule has 1 N–H and O–H groups in total. The zero-order valence-corrected chi connectivity index (χ0v) is 19.6. The molecule has 1 atom stereocenters. The van der Waals surface area contributed by atoms with Crippen LogP contribution in [-0.2, 0) is 5.41 Å². The number of amides is 1. The zero-order valence-electron chi connectivity index (χ0n) is 18.0. The van der Waals surface area contributed by atoms with E-state index < -0.39 is 0 Å². The highest BCUT2D eigenvalue weighted by atomic mass is 79.9. The van der Waals surface area contributed by atoms with E-state index in [0.717, 1.165) is 15.4 Å². The van der Waals surface area contributed by atoms with Crippen LogP contribution in [0.2, 0.25) is 0 Å². The molecule has 154 valence electrons. The molecule has 0 radical (unpaired) electrons. The molecule has 1 aromatic heterocycles. The van der Waals surface area contributed by atoms with Crippen molar-refractivity contribution in [1.82, 2.24) is 10.2 Å². The molecule has 0 aliphatic carbocycles. The van der Waals surface area contributed by atoms with Crippen molar-refractivity contribution in [2.24, 2.45) is 0 Å². The Morgan fingerprint density at radius 2 is 1.79 bits per heavy atom. The molecule has 0 saturated carbocycles. The van der Waals surface area contributed by atoms with Gasteiger partial charge in [0.25, 0.3) is 5.91 Å². The van der Waals surface area contributed by atoms with Gasteiger partial charge >= 0.3 is 0 Å². The maximum absolute atomic E-state index is 12.8. The van der Waals surface area contributed by atoms with E-state index in [1.807, 2.05) is 39.2 Å². The topological polar surface area (TPSA) is 45.5 Å². The predicted molar refractivity (Wildman–Crippen MR) is 123 cm³/mol. The number of furan rings is 1. The molecule has 0 aliphatic heterocycles.